The highest BCUT2D eigenvalue weighted by Gasteiger charge is 2.15. The number of rotatable bonds is 4. The zero-order chi connectivity index (χ0) is 13.0. The van der Waals surface area contributed by atoms with Gasteiger partial charge >= 0.3 is 0 Å². The molecule has 0 radical (unpaired) electrons. The van der Waals surface area contributed by atoms with Crippen LogP contribution in [0.15, 0.2) is 48.8 Å². The number of aliphatic hydroxyl groups is 1. The van der Waals surface area contributed by atoms with E-state index in [1.165, 1.54) is 12.1 Å². The third-order valence-electron chi connectivity index (χ3n) is 2.73. The minimum atomic E-state index is -0.675. The van der Waals surface area contributed by atoms with Gasteiger partial charge in [-0.3, -0.25) is 4.98 Å². The van der Waals surface area contributed by atoms with Crippen LogP contribution in [0.1, 0.15) is 29.0 Å². The average Bonchev–Trinajstić information content (AvgIpc) is 2.40. The summed E-state index contributed by atoms with van der Waals surface area (Å²) in [6, 6.07) is 9.54. The van der Waals surface area contributed by atoms with E-state index in [0.29, 0.717) is 6.42 Å². The van der Waals surface area contributed by atoms with Gasteiger partial charge in [0.1, 0.15) is 5.82 Å². The number of alkyl halides is 1. The molecule has 2 atom stereocenters. The molecular formula is C14H13ClFNO. The summed E-state index contributed by atoms with van der Waals surface area (Å²) < 4.78 is 12.8. The molecule has 0 spiro atoms. The molecule has 0 fully saturated rings. The number of benzene rings is 1. The SMILES string of the molecule is O[C@H](C[C@@H](Cl)c1ccc(F)cc1)c1cccnc1. The Morgan fingerprint density at radius 3 is 2.50 bits per heavy atom. The van der Waals surface area contributed by atoms with Crippen LogP contribution in [-0.4, -0.2) is 10.1 Å². The molecule has 2 aromatic rings. The molecular weight excluding hydrogens is 253 g/mol. The Kier molecular flexibility index (Phi) is 4.28. The number of hydrogen-bond donors (Lipinski definition) is 1. The normalized spacial score (nSPS) is 14.2. The summed E-state index contributed by atoms with van der Waals surface area (Å²) in [5, 5.41) is 9.65. The molecule has 2 nitrogen and oxygen atoms in total. The molecule has 0 amide bonds. The van der Waals surface area contributed by atoms with Gasteiger partial charge in [-0.05, 0) is 35.7 Å². The predicted octanol–water partition coefficient (Wildman–Crippen LogP) is 3.62. The summed E-state index contributed by atoms with van der Waals surface area (Å²) in [6.07, 6.45) is 2.94. The third kappa shape index (κ3) is 3.28. The largest absolute Gasteiger partial charge is 0.388 e. The number of pyridine rings is 1. The Morgan fingerprint density at radius 1 is 1.17 bits per heavy atom. The first-order chi connectivity index (χ1) is 8.66. The zero-order valence-electron chi connectivity index (χ0n) is 9.63. The van der Waals surface area contributed by atoms with Gasteiger partial charge in [-0.2, -0.15) is 0 Å². The first-order valence-corrected chi connectivity index (χ1v) is 6.08. The molecule has 0 aliphatic carbocycles. The van der Waals surface area contributed by atoms with Crippen molar-refractivity contribution in [2.45, 2.75) is 17.9 Å². The monoisotopic (exact) mass is 265 g/mol. The van der Waals surface area contributed by atoms with Crippen LogP contribution < -0.4 is 0 Å². The molecule has 2 rings (SSSR count). The van der Waals surface area contributed by atoms with E-state index in [1.54, 1.807) is 36.7 Å². The first-order valence-electron chi connectivity index (χ1n) is 5.64. The van der Waals surface area contributed by atoms with Crippen molar-refractivity contribution >= 4 is 11.6 Å². The van der Waals surface area contributed by atoms with E-state index < -0.39 is 6.10 Å². The van der Waals surface area contributed by atoms with E-state index in [0.717, 1.165) is 11.1 Å². The summed E-state index contributed by atoms with van der Waals surface area (Å²) in [5.74, 6) is -0.296. The van der Waals surface area contributed by atoms with E-state index in [1.807, 2.05) is 0 Å². The molecule has 94 valence electrons. The summed E-state index contributed by atoms with van der Waals surface area (Å²) >= 11 is 6.20. The highest BCUT2D eigenvalue weighted by molar-refractivity contribution is 6.20. The van der Waals surface area contributed by atoms with E-state index in [2.05, 4.69) is 4.98 Å². The van der Waals surface area contributed by atoms with Crippen molar-refractivity contribution in [1.29, 1.82) is 0 Å². The Bertz CT molecular complexity index is 489. The van der Waals surface area contributed by atoms with Gasteiger partial charge in [0.15, 0.2) is 0 Å². The molecule has 18 heavy (non-hydrogen) atoms. The molecule has 1 aromatic heterocycles. The van der Waals surface area contributed by atoms with Crippen molar-refractivity contribution in [3.05, 3.63) is 65.7 Å². The minimum Gasteiger partial charge on any atom is -0.388 e. The first kappa shape index (κ1) is 13.0. The molecule has 0 unspecified atom stereocenters. The van der Waals surface area contributed by atoms with Crippen LogP contribution in [0.25, 0.3) is 0 Å². The fourth-order valence-electron chi connectivity index (χ4n) is 1.71. The van der Waals surface area contributed by atoms with Gasteiger partial charge in [-0.1, -0.05) is 18.2 Å². The molecule has 1 N–H and O–H groups in total. The zero-order valence-corrected chi connectivity index (χ0v) is 10.4. The van der Waals surface area contributed by atoms with Crippen LogP contribution >= 0.6 is 11.6 Å². The van der Waals surface area contributed by atoms with Crippen LogP contribution in [0.5, 0.6) is 0 Å². The lowest BCUT2D eigenvalue weighted by atomic mass is 10.0. The van der Waals surface area contributed by atoms with Crippen LogP contribution in [0.3, 0.4) is 0 Å². The topological polar surface area (TPSA) is 33.1 Å². The standard InChI is InChI=1S/C14H13ClFNO/c15-13(10-3-5-12(16)6-4-10)8-14(18)11-2-1-7-17-9-11/h1-7,9,13-14,18H,8H2/t13-,14-/m1/s1. The van der Waals surface area contributed by atoms with Gasteiger partial charge in [0.05, 0.1) is 11.5 Å². The predicted molar refractivity (Wildman–Crippen MR) is 68.8 cm³/mol. The minimum absolute atomic E-state index is 0.296. The van der Waals surface area contributed by atoms with Crippen molar-refractivity contribution in [3.63, 3.8) is 0 Å². The summed E-state index contributed by atoms with van der Waals surface area (Å²) in [7, 11) is 0. The Morgan fingerprint density at radius 2 is 1.89 bits per heavy atom. The maximum absolute atomic E-state index is 12.8. The van der Waals surface area contributed by atoms with Crippen LogP contribution in [0.2, 0.25) is 0 Å². The fourth-order valence-corrected chi connectivity index (χ4v) is 2.03. The van der Waals surface area contributed by atoms with E-state index in [9.17, 15) is 9.50 Å². The molecule has 0 aliphatic rings. The Labute approximate surface area is 110 Å². The lowest BCUT2D eigenvalue weighted by Crippen LogP contribution is -2.02. The molecule has 1 heterocycles. The van der Waals surface area contributed by atoms with E-state index in [4.69, 9.17) is 11.6 Å². The summed E-state index contributed by atoms with van der Waals surface area (Å²) in [4.78, 5) is 3.94. The summed E-state index contributed by atoms with van der Waals surface area (Å²) in [6.45, 7) is 0. The molecule has 0 bridgehead atoms. The molecule has 0 saturated heterocycles. The van der Waals surface area contributed by atoms with Crippen molar-refractivity contribution in [1.82, 2.24) is 4.98 Å². The average molecular weight is 266 g/mol. The van der Waals surface area contributed by atoms with Crippen molar-refractivity contribution < 1.29 is 9.50 Å². The van der Waals surface area contributed by atoms with Gasteiger partial charge in [0.2, 0.25) is 0 Å². The number of aromatic nitrogens is 1. The number of hydrogen-bond acceptors (Lipinski definition) is 2. The Hall–Kier alpha value is -1.45. The summed E-state index contributed by atoms with van der Waals surface area (Å²) in [5.41, 5.74) is 1.52. The maximum Gasteiger partial charge on any atom is 0.123 e. The Balaban J connectivity index is 2.03. The van der Waals surface area contributed by atoms with Crippen molar-refractivity contribution in [3.8, 4) is 0 Å². The van der Waals surface area contributed by atoms with E-state index in [-0.39, 0.29) is 11.2 Å². The number of halogens is 2. The second kappa shape index (κ2) is 5.94. The van der Waals surface area contributed by atoms with Crippen molar-refractivity contribution in [2.24, 2.45) is 0 Å². The quantitative estimate of drug-likeness (QED) is 0.857. The lowest BCUT2D eigenvalue weighted by molar-refractivity contribution is 0.166. The van der Waals surface area contributed by atoms with Gasteiger partial charge in [-0.25, -0.2) is 4.39 Å². The fraction of sp³-hybridized carbons (Fsp3) is 0.214. The number of aliphatic hydroxyl groups excluding tert-OH is 1. The highest BCUT2D eigenvalue weighted by atomic mass is 35.5. The van der Waals surface area contributed by atoms with Gasteiger partial charge < -0.3 is 5.11 Å². The second-order valence-electron chi connectivity index (χ2n) is 4.06. The van der Waals surface area contributed by atoms with Gasteiger partial charge in [-0.15, -0.1) is 11.6 Å². The lowest BCUT2D eigenvalue weighted by Gasteiger charge is -2.15. The van der Waals surface area contributed by atoms with E-state index >= 15 is 0 Å². The van der Waals surface area contributed by atoms with Crippen LogP contribution in [0.4, 0.5) is 4.39 Å². The van der Waals surface area contributed by atoms with Gasteiger partial charge in [0, 0.05) is 12.4 Å². The smallest absolute Gasteiger partial charge is 0.123 e. The van der Waals surface area contributed by atoms with Crippen molar-refractivity contribution in [2.75, 3.05) is 0 Å². The van der Waals surface area contributed by atoms with Crippen LogP contribution in [0, 0.1) is 5.82 Å². The molecule has 0 aliphatic heterocycles. The third-order valence-corrected chi connectivity index (χ3v) is 3.16. The van der Waals surface area contributed by atoms with Gasteiger partial charge in [0.25, 0.3) is 0 Å². The maximum atomic E-state index is 12.8. The number of nitrogens with zero attached hydrogens (tertiary/aromatic N) is 1. The molecule has 4 heteroatoms. The molecule has 0 saturated carbocycles. The van der Waals surface area contributed by atoms with Crippen LogP contribution in [-0.2, 0) is 0 Å². The second-order valence-corrected chi connectivity index (χ2v) is 4.58. The molecule has 1 aromatic carbocycles. The highest BCUT2D eigenvalue weighted by Crippen LogP contribution is 2.31.